The first-order chi connectivity index (χ1) is 17.9. The molecule has 3 aromatic rings. The molecular formula is C26H27N5O6. The van der Waals surface area contributed by atoms with Gasteiger partial charge in [0.05, 0.1) is 18.8 Å². The second kappa shape index (κ2) is 12.9. The summed E-state index contributed by atoms with van der Waals surface area (Å²) in [6.07, 6.45) is 1.06. The maximum absolute atomic E-state index is 12.3. The molecule has 0 saturated carbocycles. The van der Waals surface area contributed by atoms with Gasteiger partial charge in [0.15, 0.2) is 5.82 Å². The van der Waals surface area contributed by atoms with Gasteiger partial charge in [-0.1, -0.05) is 6.92 Å². The van der Waals surface area contributed by atoms with Crippen LogP contribution in [0, 0.1) is 6.92 Å². The number of carboxylic acids is 1. The summed E-state index contributed by atoms with van der Waals surface area (Å²) in [6, 6.07) is 12.9. The number of benzene rings is 2. The predicted octanol–water partition coefficient (Wildman–Crippen LogP) is 3.61. The topological polar surface area (TPSA) is 151 Å². The summed E-state index contributed by atoms with van der Waals surface area (Å²) in [5.41, 5.74) is 4.23. The number of carbonyl (C=O) groups excluding carboxylic acids is 3. The molecule has 2 amide bonds. The summed E-state index contributed by atoms with van der Waals surface area (Å²) >= 11 is 0. The summed E-state index contributed by atoms with van der Waals surface area (Å²) in [7, 11) is 0. The maximum atomic E-state index is 12.3. The molecule has 0 radical (unpaired) electrons. The summed E-state index contributed by atoms with van der Waals surface area (Å²) in [6.45, 7) is 7.13. The highest BCUT2D eigenvalue weighted by Gasteiger charge is 2.19. The summed E-state index contributed by atoms with van der Waals surface area (Å²) in [4.78, 5) is 51.4. The van der Waals surface area contributed by atoms with Crippen LogP contribution in [0.3, 0.4) is 0 Å². The van der Waals surface area contributed by atoms with Gasteiger partial charge in [-0.25, -0.2) is 19.6 Å². The van der Waals surface area contributed by atoms with Crippen LogP contribution in [-0.2, 0) is 20.7 Å². The lowest BCUT2D eigenvalue weighted by Crippen LogP contribution is -2.37. The van der Waals surface area contributed by atoms with E-state index in [1.807, 2.05) is 12.1 Å². The van der Waals surface area contributed by atoms with Crippen LogP contribution in [0.25, 0.3) is 11.4 Å². The molecule has 0 unspecified atom stereocenters. The highest BCUT2D eigenvalue weighted by atomic mass is 16.5. The van der Waals surface area contributed by atoms with Crippen LogP contribution in [-0.4, -0.2) is 59.5 Å². The zero-order chi connectivity index (χ0) is 26.8. The lowest BCUT2D eigenvalue weighted by Gasteiger charge is -2.29. The fourth-order valence-electron chi connectivity index (χ4n) is 3.80. The first-order valence-electron chi connectivity index (χ1n) is 11.6. The van der Waals surface area contributed by atoms with E-state index in [9.17, 15) is 9.59 Å². The third-order valence-electron chi connectivity index (χ3n) is 5.66. The zero-order valence-corrected chi connectivity index (χ0v) is 20.5. The van der Waals surface area contributed by atoms with Gasteiger partial charge in [0, 0.05) is 41.3 Å². The van der Waals surface area contributed by atoms with E-state index >= 15 is 0 Å². The molecule has 192 valence electrons. The van der Waals surface area contributed by atoms with Crippen LogP contribution in [0.15, 0.2) is 48.5 Å². The molecule has 0 bridgehead atoms. The fraction of sp³-hybridized carbons (Fsp3) is 0.269. The zero-order valence-electron chi connectivity index (χ0n) is 20.5. The number of carboxylic acid groups (broad SMARTS) is 1. The van der Waals surface area contributed by atoms with Crippen molar-refractivity contribution in [2.45, 2.75) is 20.3 Å². The average molecular weight is 506 g/mol. The monoisotopic (exact) mass is 505 g/mol. The molecule has 4 rings (SSSR count). The molecular weight excluding hydrogens is 478 g/mol. The molecule has 2 aromatic carbocycles. The Morgan fingerprint density at radius 3 is 2.03 bits per heavy atom. The van der Waals surface area contributed by atoms with E-state index in [-0.39, 0.29) is 11.7 Å². The second-order valence-corrected chi connectivity index (χ2v) is 8.02. The van der Waals surface area contributed by atoms with Gasteiger partial charge < -0.3 is 25.4 Å². The molecule has 1 saturated heterocycles. The van der Waals surface area contributed by atoms with Crippen molar-refractivity contribution in [3.63, 3.8) is 0 Å². The lowest BCUT2D eigenvalue weighted by atomic mass is 10.1. The van der Waals surface area contributed by atoms with Gasteiger partial charge in [0.2, 0.25) is 0 Å². The number of aryl methyl sites for hydroxylation is 1. The minimum Gasteiger partial charge on any atom is -0.478 e. The number of nitrogens with zero attached hydrogens (tertiary/aromatic N) is 3. The van der Waals surface area contributed by atoms with Crippen molar-refractivity contribution >= 4 is 35.3 Å². The standard InChI is InChI=1S/C25H27N5O4.CO2/c1-3-21-16(2)23(30-12-14-34-15-13-30)29-22(28-21)17-4-8-19(9-5-17)26-25(33)27-20-10-6-18(7-11-20)24(31)32;2-1-3/h4-11H,3,12-15H2,1-2H3,(H,31,32)(H2,26,27,33);. The highest BCUT2D eigenvalue weighted by Crippen LogP contribution is 2.26. The Kier molecular flexibility index (Phi) is 9.42. The quantitative estimate of drug-likeness (QED) is 0.456. The molecule has 0 aliphatic carbocycles. The number of anilines is 3. The van der Waals surface area contributed by atoms with Gasteiger partial charge in [0.1, 0.15) is 5.82 Å². The number of hydrogen-bond acceptors (Lipinski definition) is 8. The van der Waals surface area contributed by atoms with Gasteiger partial charge in [-0.05, 0) is 61.9 Å². The normalized spacial score (nSPS) is 12.5. The third-order valence-corrected chi connectivity index (χ3v) is 5.66. The Morgan fingerprint density at radius 2 is 1.51 bits per heavy atom. The first-order valence-corrected chi connectivity index (χ1v) is 11.6. The highest BCUT2D eigenvalue weighted by molar-refractivity contribution is 6.00. The number of urea groups is 1. The van der Waals surface area contributed by atoms with Crippen LogP contribution in [0.5, 0.6) is 0 Å². The molecule has 1 aliphatic heterocycles. The first kappa shape index (κ1) is 27.0. The van der Waals surface area contributed by atoms with Crippen LogP contribution < -0.4 is 15.5 Å². The molecule has 0 spiro atoms. The third kappa shape index (κ3) is 7.20. The number of amides is 2. The molecule has 2 heterocycles. The molecule has 1 aromatic heterocycles. The van der Waals surface area contributed by atoms with Crippen LogP contribution in [0.4, 0.5) is 22.0 Å². The van der Waals surface area contributed by atoms with Crippen molar-refractivity contribution in [2.24, 2.45) is 0 Å². The number of rotatable bonds is 6. The number of nitrogens with one attached hydrogen (secondary N) is 2. The van der Waals surface area contributed by atoms with Gasteiger partial charge in [-0.15, -0.1) is 0 Å². The van der Waals surface area contributed by atoms with Crippen LogP contribution in [0.2, 0.25) is 0 Å². The SMILES string of the molecule is CCc1nc(-c2ccc(NC(=O)Nc3ccc(C(=O)O)cc3)cc2)nc(N2CCOCC2)c1C.O=C=O. The Hall–Kier alpha value is -4.60. The Bertz CT molecular complexity index is 1270. The van der Waals surface area contributed by atoms with Crippen molar-refractivity contribution < 1.29 is 29.0 Å². The number of aromatic carboxylic acids is 1. The number of aromatic nitrogens is 2. The summed E-state index contributed by atoms with van der Waals surface area (Å²) in [5, 5.41) is 14.4. The fourth-order valence-corrected chi connectivity index (χ4v) is 3.80. The van der Waals surface area contributed by atoms with E-state index in [0.29, 0.717) is 30.4 Å². The van der Waals surface area contributed by atoms with E-state index in [1.54, 1.807) is 12.1 Å². The van der Waals surface area contributed by atoms with E-state index in [4.69, 9.17) is 29.4 Å². The number of morpholine rings is 1. The number of carbonyl (C=O) groups is 2. The summed E-state index contributed by atoms with van der Waals surface area (Å²) < 4.78 is 5.48. The molecule has 1 fully saturated rings. The van der Waals surface area contributed by atoms with E-state index < -0.39 is 12.0 Å². The van der Waals surface area contributed by atoms with Crippen LogP contribution >= 0.6 is 0 Å². The Labute approximate surface area is 213 Å². The van der Waals surface area contributed by atoms with E-state index in [1.165, 1.54) is 24.3 Å². The lowest BCUT2D eigenvalue weighted by molar-refractivity contribution is -0.191. The molecule has 37 heavy (non-hydrogen) atoms. The number of hydrogen-bond donors (Lipinski definition) is 3. The second-order valence-electron chi connectivity index (χ2n) is 8.02. The Balaban J connectivity index is 0.00000121. The average Bonchev–Trinajstić information content (AvgIpc) is 2.90. The smallest absolute Gasteiger partial charge is 0.373 e. The van der Waals surface area contributed by atoms with Crippen molar-refractivity contribution in [3.05, 3.63) is 65.4 Å². The van der Waals surface area contributed by atoms with E-state index in [2.05, 4.69) is 29.4 Å². The van der Waals surface area contributed by atoms with Crippen molar-refractivity contribution in [1.82, 2.24) is 9.97 Å². The van der Waals surface area contributed by atoms with Gasteiger partial charge in [0.25, 0.3) is 0 Å². The van der Waals surface area contributed by atoms with Gasteiger partial charge >= 0.3 is 18.2 Å². The molecule has 0 atom stereocenters. The van der Waals surface area contributed by atoms with Crippen molar-refractivity contribution in [3.8, 4) is 11.4 Å². The predicted molar refractivity (Wildman–Crippen MR) is 136 cm³/mol. The minimum atomic E-state index is -1.02. The van der Waals surface area contributed by atoms with Gasteiger partial charge in [-0.2, -0.15) is 9.59 Å². The minimum absolute atomic E-state index is 0.155. The van der Waals surface area contributed by atoms with Crippen molar-refractivity contribution in [2.75, 3.05) is 41.8 Å². The largest absolute Gasteiger partial charge is 0.478 e. The van der Waals surface area contributed by atoms with Crippen LogP contribution in [0.1, 0.15) is 28.5 Å². The Morgan fingerprint density at radius 1 is 0.973 bits per heavy atom. The maximum Gasteiger partial charge on any atom is 0.373 e. The van der Waals surface area contributed by atoms with Gasteiger partial charge in [-0.3, -0.25) is 0 Å². The molecule has 11 heteroatoms. The molecule has 11 nitrogen and oxygen atoms in total. The number of ether oxygens (including phenoxy) is 1. The van der Waals surface area contributed by atoms with Crippen molar-refractivity contribution in [1.29, 1.82) is 0 Å². The summed E-state index contributed by atoms with van der Waals surface area (Å²) in [5.74, 6) is 0.580. The molecule has 1 aliphatic rings. The molecule has 3 N–H and O–H groups in total. The van der Waals surface area contributed by atoms with E-state index in [0.717, 1.165) is 42.1 Å².